The Morgan fingerprint density at radius 1 is 1.44 bits per heavy atom. The lowest BCUT2D eigenvalue weighted by molar-refractivity contribution is -0.136. The molecule has 0 amide bonds. The van der Waals surface area contributed by atoms with Crippen LogP contribution in [0.1, 0.15) is 6.92 Å². The highest BCUT2D eigenvalue weighted by molar-refractivity contribution is 5.72. The first-order valence-electron chi connectivity index (χ1n) is 4.94. The van der Waals surface area contributed by atoms with Gasteiger partial charge in [-0.05, 0) is 18.7 Å². The van der Waals surface area contributed by atoms with Crippen molar-refractivity contribution in [1.82, 2.24) is 0 Å². The number of rotatable bonds is 4. The zero-order valence-electron chi connectivity index (χ0n) is 9.59. The van der Waals surface area contributed by atoms with E-state index in [-0.39, 0.29) is 6.54 Å². The first kappa shape index (κ1) is 14.4. The third-order valence-electron chi connectivity index (χ3n) is 1.54. The van der Waals surface area contributed by atoms with E-state index >= 15 is 0 Å². The van der Waals surface area contributed by atoms with Crippen molar-refractivity contribution < 1.29 is 14.7 Å². The predicted octanol–water partition coefficient (Wildman–Crippen LogP) is 1.10. The molecule has 0 fully saturated rings. The van der Waals surface area contributed by atoms with Crippen LogP contribution in [0.3, 0.4) is 0 Å². The molecule has 0 aromatic heterocycles. The van der Waals surface area contributed by atoms with Gasteiger partial charge in [-0.15, -0.1) is 0 Å². The Morgan fingerprint density at radius 3 is 2.31 bits per heavy atom. The summed E-state index contributed by atoms with van der Waals surface area (Å²) in [4.78, 5) is 15.3. The lowest BCUT2D eigenvalue weighted by Crippen LogP contribution is -2.28. The molecule has 0 unspecified atom stereocenters. The molecule has 0 spiro atoms. The molecule has 0 aliphatic heterocycles. The molecule has 0 heterocycles. The van der Waals surface area contributed by atoms with Crippen LogP contribution >= 0.6 is 0 Å². The maximum atomic E-state index is 10.4. The van der Waals surface area contributed by atoms with E-state index in [9.17, 15) is 4.79 Å². The van der Waals surface area contributed by atoms with Crippen LogP contribution in [0, 0.1) is 0 Å². The summed E-state index contributed by atoms with van der Waals surface area (Å²) in [5, 5.41) is 9.86. The number of hydrogen-bond donors (Lipinski definition) is 2. The lowest BCUT2D eigenvalue weighted by Gasteiger charge is -2.18. The van der Waals surface area contributed by atoms with Crippen LogP contribution in [0.15, 0.2) is 30.3 Å². The fourth-order valence-corrected chi connectivity index (χ4v) is 0.978. The summed E-state index contributed by atoms with van der Waals surface area (Å²) < 4.78 is 0. The van der Waals surface area contributed by atoms with Crippen LogP contribution in [-0.2, 0) is 9.63 Å². The first-order valence-corrected chi connectivity index (χ1v) is 4.94. The van der Waals surface area contributed by atoms with Gasteiger partial charge >= 0.3 is 5.97 Å². The standard InChI is InChI=1S/C9H11NO3.C2H7N/c1-13-10(7-9(11)12)8-5-3-2-4-6-8;1-2-3/h2-6H,7H2,1H3,(H,11,12);2-3H2,1H3. The smallest absolute Gasteiger partial charge is 0.325 e. The summed E-state index contributed by atoms with van der Waals surface area (Å²) in [7, 11) is 1.44. The number of nitrogens with zero attached hydrogens (tertiary/aromatic N) is 1. The maximum absolute atomic E-state index is 10.4. The van der Waals surface area contributed by atoms with Gasteiger partial charge in [0.25, 0.3) is 0 Å². The number of aliphatic carboxylic acids is 1. The molecule has 5 heteroatoms. The van der Waals surface area contributed by atoms with Crippen molar-refractivity contribution in [2.45, 2.75) is 6.92 Å². The number of anilines is 1. The summed E-state index contributed by atoms with van der Waals surface area (Å²) >= 11 is 0. The normalized spacial score (nSPS) is 8.94. The SMILES string of the molecule is CCN.CON(CC(=O)O)c1ccccc1. The first-order chi connectivity index (χ1) is 7.65. The molecule has 0 saturated heterocycles. The molecule has 16 heavy (non-hydrogen) atoms. The molecule has 0 aliphatic carbocycles. The Morgan fingerprint density at radius 2 is 1.94 bits per heavy atom. The van der Waals surface area contributed by atoms with Crippen LogP contribution in [0.25, 0.3) is 0 Å². The van der Waals surface area contributed by atoms with Gasteiger partial charge in [0.05, 0.1) is 12.8 Å². The molecule has 0 bridgehead atoms. The van der Waals surface area contributed by atoms with E-state index in [0.717, 1.165) is 12.2 Å². The van der Waals surface area contributed by atoms with Gasteiger partial charge in [-0.2, -0.15) is 0 Å². The molecule has 3 N–H and O–H groups in total. The van der Waals surface area contributed by atoms with Gasteiger partial charge in [-0.3, -0.25) is 9.63 Å². The summed E-state index contributed by atoms with van der Waals surface area (Å²) in [5.74, 6) is -0.925. The number of benzene rings is 1. The summed E-state index contributed by atoms with van der Waals surface area (Å²) in [6.45, 7) is 2.49. The quantitative estimate of drug-likeness (QED) is 0.752. The van der Waals surface area contributed by atoms with E-state index in [1.54, 1.807) is 12.1 Å². The van der Waals surface area contributed by atoms with Crippen molar-refractivity contribution in [3.63, 3.8) is 0 Å². The Hall–Kier alpha value is -1.59. The highest BCUT2D eigenvalue weighted by atomic mass is 16.7. The van der Waals surface area contributed by atoms with Crippen molar-refractivity contribution in [3.8, 4) is 0 Å². The molecular weight excluding hydrogens is 208 g/mol. The fraction of sp³-hybridized carbons (Fsp3) is 0.364. The molecule has 90 valence electrons. The van der Waals surface area contributed by atoms with Gasteiger partial charge in [0.15, 0.2) is 0 Å². The van der Waals surface area contributed by atoms with E-state index < -0.39 is 5.97 Å². The minimum absolute atomic E-state index is 0.166. The van der Waals surface area contributed by atoms with Gasteiger partial charge in [0, 0.05) is 0 Å². The average Bonchev–Trinajstić information content (AvgIpc) is 2.28. The fourth-order valence-electron chi connectivity index (χ4n) is 0.978. The lowest BCUT2D eigenvalue weighted by atomic mass is 10.3. The Bertz CT molecular complexity index is 291. The van der Waals surface area contributed by atoms with E-state index in [0.29, 0.717) is 0 Å². The van der Waals surface area contributed by atoms with Gasteiger partial charge in [-0.25, -0.2) is 5.06 Å². The second-order valence-corrected chi connectivity index (χ2v) is 2.86. The number of nitrogens with two attached hydrogens (primary N) is 1. The van der Waals surface area contributed by atoms with E-state index in [1.807, 2.05) is 25.1 Å². The van der Waals surface area contributed by atoms with Crippen molar-refractivity contribution in [2.24, 2.45) is 5.73 Å². The third kappa shape index (κ3) is 6.00. The van der Waals surface area contributed by atoms with E-state index in [2.05, 4.69) is 0 Å². The summed E-state index contributed by atoms with van der Waals surface area (Å²) in [5.41, 5.74) is 5.58. The topological polar surface area (TPSA) is 75.8 Å². The molecule has 0 atom stereocenters. The van der Waals surface area contributed by atoms with Crippen LogP contribution in [0.5, 0.6) is 0 Å². The van der Waals surface area contributed by atoms with Crippen LogP contribution < -0.4 is 10.8 Å². The second-order valence-electron chi connectivity index (χ2n) is 2.86. The third-order valence-corrected chi connectivity index (χ3v) is 1.54. The van der Waals surface area contributed by atoms with Gasteiger partial charge < -0.3 is 10.8 Å². The maximum Gasteiger partial charge on any atom is 0.325 e. The number of para-hydroxylation sites is 1. The van der Waals surface area contributed by atoms with Crippen LogP contribution in [0.2, 0.25) is 0 Å². The van der Waals surface area contributed by atoms with Gasteiger partial charge in [0.1, 0.15) is 6.54 Å². The molecule has 1 aromatic carbocycles. The second kappa shape index (κ2) is 8.70. The molecule has 0 radical (unpaired) electrons. The molecule has 0 saturated carbocycles. The van der Waals surface area contributed by atoms with E-state index in [1.165, 1.54) is 12.2 Å². The number of carbonyl (C=O) groups is 1. The monoisotopic (exact) mass is 226 g/mol. The average molecular weight is 226 g/mol. The molecule has 1 rings (SSSR count). The number of carboxylic acid groups (broad SMARTS) is 1. The van der Waals surface area contributed by atoms with Gasteiger partial charge in [-0.1, -0.05) is 25.1 Å². The zero-order chi connectivity index (χ0) is 12.4. The Labute approximate surface area is 95.4 Å². The number of hydroxylamine groups is 1. The van der Waals surface area contributed by atoms with E-state index in [4.69, 9.17) is 15.7 Å². The van der Waals surface area contributed by atoms with Gasteiger partial charge in [0.2, 0.25) is 0 Å². The Kier molecular flexibility index (Phi) is 7.83. The molecule has 1 aromatic rings. The Balaban J connectivity index is 0.000000673. The van der Waals surface area contributed by atoms with Crippen LogP contribution in [0.4, 0.5) is 5.69 Å². The van der Waals surface area contributed by atoms with Crippen molar-refractivity contribution in [3.05, 3.63) is 30.3 Å². The van der Waals surface area contributed by atoms with Crippen molar-refractivity contribution >= 4 is 11.7 Å². The molecule has 0 aliphatic rings. The zero-order valence-corrected chi connectivity index (χ0v) is 9.59. The number of carboxylic acids is 1. The largest absolute Gasteiger partial charge is 0.480 e. The molecule has 5 nitrogen and oxygen atoms in total. The minimum atomic E-state index is -0.925. The summed E-state index contributed by atoms with van der Waals surface area (Å²) in [6, 6.07) is 9.07. The van der Waals surface area contributed by atoms with Crippen LogP contribution in [-0.4, -0.2) is 31.3 Å². The highest BCUT2D eigenvalue weighted by Gasteiger charge is 2.08. The van der Waals surface area contributed by atoms with Crippen molar-refractivity contribution in [1.29, 1.82) is 0 Å². The predicted molar refractivity (Wildman–Crippen MR) is 63.2 cm³/mol. The minimum Gasteiger partial charge on any atom is -0.480 e. The summed E-state index contributed by atoms with van der Waals surface area (Å²) in [6.07, 6.45) is 0. The van der Waals surface area contributed by atoms with Crippen molar-refractivity contribution in [2.75, 3.05) is 25.3 Å². The number of hydrogen-bond acceptors (Lipinski definition) is 4. The highest BCUT2D eigenvalue weighted by Crippen LogP contribution is 2.12. The molecular formula is C11H18N2O3.